The van der Waals surface area contributed by atoms with Gasteiger partial charge in [-0.2, -0.15) is 10.2 Å². The summed E-state index contributed by atoms with van der Waals surface area (Å²) in [4.78, 5) is 35.1. The fourth-order valence-corrected chi connectivity index (χ4v) is 2.68. The topological polar surface area (TPSA) is 130 Å². The van der Waals surface area contributed by atoms with Gasteiger partial charge in [0.25, 0.3) is 11.1 Å². The number of nitrogens with zero attached hydrogens (tertiary/aromatic N) is 5. The number of aryl methyl sites for hydroxylation is 2. The van der Waals surface area contributed by atoms with E-state index in [1.165, 1.54) is 10.6 Å². The first-order chi connectivity index (χ1) is 13.2. The van der Waals surface area contributed by atoms with E-state index in [2.05, 4.69) is 20.1 Å². The highest BCUT2D eigenvalue weighted by Crippen LogP contribution is 2.14. The zero-order chi connectivity index (χ0) is 18.8. The van der Waals surface area contributed by atoms with E-state index in [0.717, 1.165) is 5.56 Å². The van der Waals surface area contributed by atoms with Crippen molar-refractivity contribution >= 4 is 10.9 Å². The Labute approximate surface area is 151 Å². The van der Waals surface area contributed by atoms with Gasteiger partial charge in [-0.15, -0.1) is 0 Å². The second-order valence-corrected chi connectivity index (χ2v) is 5.77. The molecule has 0 fully saturated rings. The first-order valence-electron chi connectivity index (χ1n) is 8.05. The Hall–Kier alpha value is -4.06. The summed E-state index contributed by atoms with van der Waals surface area (Å²) in [6.45, 7) is 0.310. The molecule has 4 heterocycles. The molecule has 1 N–H and O–H groups in total. The van der Waals surface area contributed by atoms with E-state index in [4.69, 9.17) is 9.78 Å². The number of aromatic amines is 1. The number of fused-ring (bicyclic) bond motifs is 1. The molecule has 0 aromatic carbocycles. The predicted octanol–water partition coefficient (Wildman–Crippen LogP) is 1.25. The monoisotopic (exact) mass is 360 g/mol. The molecule has 0 saturated carbocycles. The molecule has 0 spiro atoms. The Morgan fingerprint density at radius 2 is 2.19 bits per heavy atom. The Morgan fingerprint density at radius 3 is 2.96 bits per heavy atom. The molecule has 0 unspecified atom stereocenters. The van der Waals surface area contributed by atoms with Crippen LogP contribution in [0, 0.1) is 11.3 Å². The van der Waals surface area contributed by atoms with Gasteiger partial charge in [0.15, 0.2) is 0 Å². The number of hydrogen-bond acceptors (Lipinski definition) is 7. The Kier molecular flexibility index (Phi) is 4.06. The number of H-pyrrole nitrogens is 1. The Bertz CT molecular complexity index is 1280. The molecule has 9 nitrogen and oxygen atoms in total. The maximum absolute atomic E-state index is 12.6. The molecule has 0 bridgehead atoms. The lowest BCUT2D eigenvalue weighted by atomic mass is 10.2. The fraction of sp³-hybridized carbons (Fsp3) is 0.111. The van der Waals surface area contributed by atoms with E-state index in [0.29, 0.717) is 30.2 Å². The average Bonchev–Trinajstić information content (AvgIpc) is 3.17. The summed E-state index contributed by atoms with van der Waals surface area (Å²) in [7, 11) is 0. The number of hydrogen-bond donors (Lipinski definition) is 1. The molecule has 0 aliphatic rings. The van der Waals surface area contributed by atoms with Crippen molar-refractivity contribution in [1.82, 2.24) is 24.7 Å². The maximum Gasteiger partial charge on any atom is 0.266 e. The van der Waals surface area contributed by atoms with Gasteiger partial charge in [0.2, 0.25) is 11.7 Å². The number of aromatic nitrogens is 5. The van der Waals surface area contributed by atoms with E-state index in [-0.39, 0.29) is 16.5 Å². The van der Waals surface area contributed by atoms with Crippen molar-refractivity contribution in [3.8, 4) is 17.5 Å². The summed E-state index contributed by atoms with van der Waals surface area (Å²) in [5.74, 6) is 0.820. The Morgan fingerprint density at radius 1 is 1.30 bits per heavy atom. The smallest absolute Gasteiger partial charge is 0.266 e. The van der Waals surface area contributed by atoms with E-state index in [9.17, 15) is 9.59 Å². The number of nitrogens with one attached hydrogen (secondary N) is 1. The summed E-state index contributed by atoms with van der Waals surface area (Å²) < 4.78 is 6.69. The summed E-state index contributed by atoms with van der Waals surface area (Å²) in [6, 6.07) is 8.30. The first-order valence-corrected chi connectivity index (χ1v) is 8.05. The quantitative estimate of drug-likeness (QED) is 0.579. The van der Waals surface area contributed by atoms with E-state index in [1.54, 1.807) is 36.8 Å². The minimum Gasteiger partial charge on any atom is -0.339 e. The van der Waals surface area contributed by atoms with Crippen molar-refractivity contribution in [1.29, 1.82) is 5.26 Å². The van der Waals surface area contributed by atoms with E-state index < -0.39 is 5.56 Å². The van der Waals surface area contributed by atoms with Crippen LogP contribution in [-0.4, -0.2) is 24.7 Å². The van der Waals surface area contributed by atoms with Crippen molar-refractivity contribution < 1.29 is 4.52 Å². The van der Waals surface area contributed by atoms with Crippen LogP contribution in [0.1, 0.15) is 11.5 Å². The van der Waals surface area contributed by atoms with Crippen molar-refractivity contribution in [3.63, 3.8) is 0 Å². The van der Waals surface area contributed by atoms with Crippen molar-refractivity contribution in [2.45, 2.75) is 13.0 Å². The first kappa shape index (κ1) is 16.4. The average molecular weight is 360 g/mol. The van der Waals surface area contributed by atoms with Crippen molar-refractivity contribution in [2.75, 3.05) is 0 Å². The highest BCUT2D eigenvalue weighted by molar-refractivity contribution is 5.78. The van der Waals surface area contributed by atoms with E-state index >= 15 is 0 Å². The molecule has 0 amide bonds. The fourth-order valence-electron chi connectivity index (χ4n) is 2.68. The standard InChI is InChI=1S/C18H12N6O3/c19-9-12-8-13-14(21-17(12)25)3-6-24(18(13)26)7-4-15-22-16(23-27-15)11-2-1-5-20-10-11/h1-3,5-6,8,10H,4,7H2,(H,21,25). The second kappa shape index (κ2) is 6.68. The summed E-state index contributed by atoms with van der Waals surface area (Å²) in [5, 5.41) is 13.2. The third-order valence-electron chi connectivity index (χ3n) is 4.06. The van der Waals surface area contributed by atoms with Gasteiger partial charge in [-0.3, -0.25) is 14.6 Å². The normalized spacial score (nSPS) is 10.8. The van der Waals surface area contributed by atoms with Crippen LogP contribution >= 0.6 is 0 Å². The third-order valence-corrected chi connectivity index (χ3v) is 4.06. The van der Waals surface area contributed by atoms with Crippen LogP contribution in [0.25, 0.3) is 22.3 Å². The highest BCUT2D eigenvalue weighted by Gasteiger charge is 2.11. The zero-order valence-corrected chi connectivity index (χ0v) is 13.9. The van der Waals surface area contributed by atoms with Gasteiger partial charge in [0.05, 0.1) is 10.9 Å². The second-order valence-electron chi connectivity index (χ2n) is 5.77. The molecular weight excluding hydrogens is 348 g/mol. The molecule has 27 heavy (non-hydrogen) atoms. The lowest BCUT2D eigenvalue weighted by molar-refractivity contribution is 0.371. The summed E-state index contributed by atoms with van der Waals surface area (Å²) in [5.41, 5.74) is 0.193. The van der Waals surface area contributed by atoms with Crippen LogP contribution in [0.15, 0.2) is 57.0 Å². The maximum atomic E-state index is 12.6. The van der Waals surface area contributed by atoms with Gasteiger partial charge in [0.1, 0.15) is 11.6 Å². The lowest BCUT2D eigenvalue weighted by Crippen LogP contribution is -2.22. The van der Waals surface area contributed by atoms with Crippen molar-refractivity contribution in [3.05, 3.63) is 75.0 Å². The van der Waals surface area contributed by atoms with Crippen LogP contribution in [0.2, 0.25) is 0 Å². The molecule has 132 valence electrons. The molecule has 0 radical (unpaired) electrons. The number of pyridine rings is 3. The van der Waals surface area contributed by atoms with Crippen LogP contribution in [0.3, 0.4) is 0 Å². The molecule has 0 aliphatic heterocycles. The predicted molar refractivity (Wildman–Crippen MR) is 94.8 cm³/mol. The minimum absolute atomic E-state index is 0.102. The summed E-state index contributed by atoms with van der Waals surface area (Å²) >= 11 is 0. The van der Waals surface area contributed by atoms with Gasteiger partial charge in [-0.05, 0) is 24.3 Å². The molecule has 4 aromatic heterocycles. The molecule has 0 atom stereocenters. The molecule has 0 aliphatic carbocycles. The Balaban J connectivity index is 1.59. The molecule has 9 heteroatoms. The van der Waals surface area contributed by atoms with E-state index in [1.807, 2.05) is 6.07 Å². The van der Waals surface area contributed by atoms with Crippen LogP contribution in [-0.2, 0) is 13.0 Å². The largest absolute Gasteiger partial charge is 0.339 e. The van der Waals surface area contributed by atoms with Gasteiger partial charge in [0, 0.05) is 37.1 Å². The van der Waals surface area contributed by atoms with Crippen molar-refractivity contribution in [2.24, 2.45) is 0 Å². The lowest BCUT2D eigenvalue weighted by Gasteiger charge is -2.05. The van der Waals surface area contributed by atoms with Gasteiger partial charge in [-0.25, -0.2) is 0 Å². The number of nitriles is 1. The van der Waals surface area contributed by atoms with Gasteiger partial charge in [-0.1, -0.05) is 5.16 Å². The number of rotatable bonds is 4. The zero-order valence-electron chi connectivity index (χ0n) is 13.9. The third kappa shape index (κ3) is 3.11. The van der Waals surface area contributed by atoms with Gasteiger partial charge < -0.3 is 14.1 Å². The highest BCUT2D eigenvalue weighted by atomic mass is 16.5. The SMILES string of the molecule is N#Cc1cc2c(=O)n(CCc3nc(-c4cccnc4)no3)ccc2[nH]c1=O. The summed E-state index contributed by atoms with van der Waals surface area (Å²) in [6.07, 6.45) is 5.22. The molecule has 0 saturated heterocycles. The van der Waals surface area contributed by atoms with Crippen LogP contribution in [0.5, 0.6) is 0 Å². The molecule has 4 rings (SSSR count). The molecule has 4 aromatic rings. The minimum atomic E-state index is -0.518. The molecular formula is C18H12N6O3. The van der Waals surface area contributed by atoms with Gasteiger partial charge >= 0.3 is 0 Å². The van der Waals surface area contributed by atoms with Crippen LogP contribution < -0.4 is 11.1 Å². The van der Waals surface area contributed by atoms with Crippen LogP contribution in [0.4, 0.5) is 0 Å².